The summed E-state index contributed by atoms with van der Waals surface area (Å²) >= 11 is 1.70. The third kappa shape index (κ3) is 2.92. The van der Waals surface area contributed by atoms with E-state index in [9.17, 15) is 0 Å². The Morgan fingerprint density at radius 2 is 2.29 bits per heavy atom. The van der Waals surface area contributed by atoms with Gasteiger partial charge in [0.25, 0.3) is 0 Å². The molecule has 0 aromatic carbocycles. The first-order valence-electron chi connectivity index (χ1n) is 5.70. The fourth-order valence-electron chi connectivity index (χ4n) is 1.73. The largest absolute Gasteiger partial charge is 0.361 e. The lowest BCUT2D eigenvalue weighted by Gasteiger charge is -2.09. The van der Waals surface area contributed by atoms with Gasteiger partial charge >= 0.3 is 0 Å². The maximum Gasteiger partial charge on any atom is 0.138 e. The van der Waals surface area contributed by atoms with Crippen LogP contribution in [0.25, 0.3) is 0 Å². The van der Waals surface area contributed by atoms with Crippen molar-refractivity contribution in [3.8, 4) is 0 Å². The van der Waals surface area contributed by atoms with Crippen molar-refractivity contribution >= 4 is 11.3 Å². The van der Waals surface area contributed by atoms with E-state index in [1.165, 1.54) is 5.01 Å². The van der Waals surface area contributed by atoms with Gasteiger partial charge in [-0.2, -0.15) is 0 Å². The molecule has 0 amide bonds. The number of rotatable bonds is 5. The maximum atomic E-state index is 5.12. The third-order valence-corrected chi connectivity index (χ3v) is 3.81. The van der Waals surface area contributed by atoms with Gasteiger partial charge in [-0.1, -0.05) is 12.1 Å². The predicted molar refractivity (Wildman–Crippen MR) is 68.2 cm³/mol. The lowest BCUT2D eigenvalue weighted by atomic mass is 10.1. The minimum Gasteiger partial charge on any atom is -0.361 e. The van der Waals surface area contributed by atoms with Crippen molar-refractivity contribution in [2.45, 2.75) is 33.2 Å². The first-order chi connectivity index (χ1) is 8.18. The number of thiazole rings is 1. The molecule has 1 unspecified atom stereocenters. The summed E-state index contributed by atoms with van der Waals surface area (Å²) in [7, 11) is 0. The molecule has 0 fully saturated rings. The van der Waals surface area contributed by atoms with E-state index in [4.69, 9.17) is 4.52 Å². The lowest BCUT2D eigenvalue weighted by molar-refractivity contribution is 0.391. The van der Waals surface area contributed by atoms with Gasteiger partial charge in [0.15, 0.2) is 0 Å². The molecule has 5 heteroatoms. The number of nitrogens with zero attached hydrogens (tertiary/aromatic N) is 2. The van der Waals surface area contributed by atoms with Gasteiger partial charge < -0.3 is 9.84 Å². The molecule has 17 heavy (non-hydrogen) atoms. The van der Waals surface area contributed by atoms with Crippen molar-refractivity contribution < 1.29 is 4.52 Å². The zero-order valence-corrected chi connectivity index (χ0v) is 11.2. The van der Waals surface area contributed by atoms with Crippen LogP contribution in [0, 0.1) is 13.8 Å². The minimum absolute atomic E-state index is 0.440. The Morgan fingerprint density at radius 1 is 1.47 bits per heavy atom. The van der Waals surface area contributed by atoms with Crippen LogP contribution in [0.3, 0.4) is 0 Å². The van der Waals surface area contributed by atoms with Gasteiger partial charge in [-0.3, -0.25) is 0 Å². The minimum atomic E-state index is 0.440. The van der Waals surface area contributed by atoms with Crippen molar-refractivity contribution in [1.29, 1.82) is 0 Å². The Balaban J connectivity index is 1.84. The molecule has 2 heterocycles. The number of hydrogen-bond acceptors (Lipinski definition) is 5. The van der Waals surface area contributed by atoms with Gasteiger partial charge in [-0.25, -0.2) is 4.98 Å². The van der Waals surface area contributed by atoms with Gasteiger partial charge in [0, 0.05) is 36.1 Å². The van der Waals surface area contributed by atoms with Gasteiger partial charge in [-0.15, -0.1) is 11.3 Å². The highest BCUT2D eigenvalue weighted by atomic mass is 32.1. The first-order valence-corrected chi connectivity index (χ1v) is 6.58. The smallest absolute Gasteiger partial charge is 0.138 e. The topological polar surface area (TPSA) is 51.0 Å². The van der Waals surface area contributed by atoms with E-state index in [1.807, 2.05) is 25.4 Å². The van der Waals surface area contributed by atoms with E-state index >= 15 is 0 Å². The number of aromatic nitrogens is 2. The molecule has 0 saturated carbocycles. The molecule has 0 bridgehead atoms. The zero-order chi connectivity index (χ0) is 12.3. The molecule has 4 nitrogen and oxygen atoms in total. The number of hydrogen-bond donors (Lipinski definition) is 1. The summed E-state index contributed by atoms with van der Waals surface area (Å²) in [5, 5.41) is 10.6. The van der Waals surface area contributed by atoms with Crippen LogP contribution in [-0.4, -0.2) is 16.7 Å². The Bertz CT molecular complexity index is 445. The van der Waals surface area contributed by atoms with Gasteiger partial charge in [0.2, 0.25) is 0 Å². The monoisotopic (exact) mass is 251 g/mol. The molecule has 2 rings (SSSR count). The molecule has 0 radical (unpaired) electrons. The highest BCUT2D eigenvalue weighted by Crippen LogP contribution is 2.17. The normalized spacial score (nSPS) is 12.9. The Morgan fingerprint density at radius 3 is 2.88 bits per heavy atom. The highest BCUT2D eigenvalue weighted by Gasteiger charge is 2.10. The highest BCUT2D eigenvalue weighted by molar-refractivity contribution is 7.09. The summed E-state index contributed by atoms with van der Waals surface area (Å²) in [6.45, 7) is 7.81. The van der Waals surface area contributed by atoms with E-state index in [-0.39, 0.29) is 0 Å². The second-order valence-electron chi connectivity index (χ2n) is 4.21. The van der Waals surface area contributed by atoms with Crippen LogP contribution in [0.2, 0.25) is 0 Å². The average molecular weight is 251 g/mol. The van der Waals surface area contributed by atoms with E-state index in [0.717, 1.165) is 30.1 Å². The second kappa shape index (κ2) is 5.42. The molecule has 1 atom stereocenters. The molecule has 1 N–H and O–H groups in total. The summed E-state index contributed by atoms with van der Waals surface area (Å²) in [4.78, 5) is 4.31. The molecule has 0 aliphatic carbocycles. The summed E-state index contributed by atoms with van der Waals surface area (Å²) in [5.74, 6) is 1.34. The summed E-state index contributed by atoms with van der Waals surface area (Å²) < 4.78 is 5.12. The van der Waals surface area contributed by atoms with Crippen LogP contribution in [0.1, 0.15) is 34.9 Å². The van der Waals surface area contributed by atoms with Crippen molar-refractivity contribution in [3.63, 3.8) is 0 Å². The van der Waals surface area contributed by atoms with Crippen molar-refractivity contribution in [2.24, 2.45) is 0 Å². The average Bonchev–Trinajstić information content (AvgIpc) is 2.93. The SMILES string of the molecule is Cc1noc(C)c1CNCC(C)c1nccs1. The molecular weight excluding hydrogens is 234 g/mol. The quantitative estimate of drug-likeness (QED) is 0.887. The summed E-state index contributed by atoms with van der Waals surface area (Å²) in [5.41, 5.74) is 2.13. The van der Waals surface area contributed by atoms with Crippen LogP contribution in [0.4, 0.5) is 0 Å². The Labute approximate surface area is 105 Å². The standard InChI is InChI=1S/C12H17N3OS/c1-8(12-14-4-5-17-12)6-13-7-11-9(2)15-16-10(11)3/h4-5,8,13H,6-7H2,1-3H3. The van der Waals surface area contributed by atoms with E-state index in [1.54, 1.807) is 11.3 Å². The fourth-order valence-corrected chi connectivity index (χ4v) is 2.43. The molecule has 2 aromatic heterocycles. The summed E-state index contributed by atoms with van der Waals surface area (Å²) in [6.07, 6.45) is 1.85. The van der Waals surface area contributed by atoms with Crippen LogP contribution < -0.4 is 5.32 Å². The number of nitrogens with one attached hydrogen (secondary N) is 1. The van der Waals surface area contributed by atoms with Gasteiger partial charge in [0.05, 0.1) is 10.7 Å². The van der Waals surface area contributed by atoms with E-state index in [2.05, 4.69) is 22.4 Å². The van der Waals surface area contributed by atoms with Gasteiger partial charge in [0.1, 0.15) is 5.76 Å². The Hall–Kier alpha value is -1.20. The molecular formula is C12H17N3OS. The molecule has 92 valence electrons. The molecule has 0 spiro atoms. The Kier molecular flexibility index (Phi) is 3.91. The molecule has 0 aliphatic rings. The van der Waals surface area contributed by atoms with Crippen molar-refractivity contribution in [3.05, 3.63) is 33.6 Å². The predicted octanol–water partition coefficient (Wildman–Crippen LogP) is 2.64. The van der Waals surface area contributed by atoms with Crippen LogP contribution in [0.15, 0.2) is 16.1 Å². The van der Waals surface area contributed by atoms with Crippen LogP contribution in [-0.2, 0) is 6.54 Å². The van der Waals surface area contributed by atoms with Crippen molar-refractivity contribution in [2.75, 3.05) is 6.54 Å². The number of aryl methyl sites for hydroxylation is 2. The lowest BCUT2D eigenvalue weighted by Crippen LogP contribution is -2.20. The van der Waals surface area contributed by atoms with Gasteiger partial charge in [-0.05, 0) is 13.8 Å². The second-order valence-corrected chi connectivity index (χ2v) is 5.13. The molecule has 0 saturated heterocycles. The van der Waals surface area contributed by atoms with Crippen LogP contribution >= 0.6 is 11.3 Å². The molecule has 2 aromatic rings. The first kappa shape index (κ1) is 12.3. The zero-order valence-electron chi connectivity index (χ0n) is 10.4. The summed E-state index contributed by atoms with van der Waals surface area (Å²) in [6, 6.07) is 0. The third-order valence-electron chi connectivity index (χ3n) is 2.81. The van der Waals surface area contributed by atoms with E-state index < -0.39 is 0 Å². The maximum absolute atomic E-state index is 5.12. The van der Waals surface area contributed by atoms with Crippen molar-refractivity contribution in [1.82, 2.24) is 15.5 Å². The fraction of sp³-hybridized carbons (Fsp3) is 0.500. The van der Waals surface area contributed by atoms with E-state index in [0.29, 0.717) is 5.92 Å². The van der Waals surface area contributed by atoms with Crippen LogP contribution in [0.5, 0.6) is 0 Å². The molecule has 0 aliphatic heterocycles.